The van der Waals surface area contributed by atoms with E-state index in [-0.39, 0.29) is 11.9 Å². The quantitative estimate of drug-likeness (QED) is 0.533. The fraction of sp³-hybridized carbons (Fsp3) is 0.346. The highest BCUT2D eigenvalue weighted by Crippen LogP contribution is 2.25. The fourth-order valence-corrected chi connectivity index (χ4v) is 4.30. The molecule has 0 saturated carbocycles. The average Bonchev–Trinajstić information content (AvgIpc) is 2.78. The Bertz CT molecular complexity index is 1020. The predicted octanol–water partition coefficient (Wildman–Crippen LogP) is 5.19. The van der Waals surface area contributed by atoms with Gasteiger partial charge in [0.05, 0.1) is 6.04 Å². The first-order valence-corrected chi connectivity index (χ1v) is 11.0. The molecule has 30 heavy (non-hydrogen) atoms. The van der Waals surface area contributed by atoms with Crippen LogP contribution >= 0.6 is 0 Å². The third kappa shape index (κ3) is 4.65. The zero-order chi connectivity index (χ0) is 20.9. The van der Waals surface area contributed by atoms with E-state index in [1.165, 1.54) is 30.0 Å². The first-order valence-electron chi connectivity index (χ1n) is 11.0. The van der Waals surface area contributed by atoms with Crippen LogP contribution in [0.15, 0.2) is 60.7 Å². The monoisotopic (exact) mass is 401 g/mol. The van der Waals surface area contributed by atoms with Crippen molar-refractivity contribution in [3.63, 3.8) is 0 Å². The van der Waals surface area contributed by atoms with Gasteiger partial charge in [0, 0.05) is 23.8 Å². The number of piperidine rings is 1. The molecule has 0 radical (unpaired) electrons. The van der Waals surface area contributed by atoms with Gasteiger partial charge >= 0.3 is 0 Å². The zero-order valence-corrected chi connectivity index (χ0v) is 17.9. The van der Waals surface area contributed by atoms with E-state index in [0.717, 1.165) is 35.5 Å². The first-order chi connectivity index (χ1) is 14.6. The van der Waals surface area contributed by atoms with E-state index in [9.17, 15) is 4.79 Å². The van der Waals surface area contributed by atoms with Gasteiger partial charge in [0.2, 0.25) is 0 Å². The smallest absolute Gasteiger partial charge is 0.252 e. The van der Waals surface area contributed by atoms with Crippen LogP contribution in [0.1, 0.15) is 53.7 Å². The maximum absolute atomic E-state index is 13.1. The van der Waals surface area contributed by atoms with Gasteiger partial charge in [-0.15, -0.1) is 0 Å². The van der Waals surface area contributed by atoms with Crippen molar-refractivity contribution in [2.45, 2.75) is 45.2 Å². The van der Waals surface area contributed by atoms with E-state index in [2.05, 4.69) is 52.3 Å². The van der Waals surface area contributed by atoms with Crippen LogP contribution in [0, 0.1) is 6.92 Å². The first kappa shape index (κ1) is 20.4. The molecule has 1 aliphatic heterocycles. The molecule has 1 aliphatic rings. The van der Waals surface area contributed by atoms with E-state index >= 15 is 0 Å². The van der Waals surface area contributed by atoms with E-state index in [1.807, 2.05) is 38.1 Å². The minimum Gasteiger partial charge on any atom is -0.383 e. The Morgan fingerprint density at radius 3 is 2.77 bits per heavy atom. The number of hydrogen-bond acceptors (Lipinski definition) is 3. The molecule has 4 nitrogen and oxygen atoms in total. The molecule has 1 fully saturated rings. The van der Waals surface area contributed by atoms with Crippen LogP contribution in [0.4, 0.5) is 5.69 Å². The van der Waals surface area contributed by atoms with Crippen LogP contribution in [-0.2, 0) is 0 Å². The number of carbonyl (C=O) groups excluding carboxylic acids is 1. The molecule has 0 aliphatic carbocycles. The number of carbonyl (C=O) groups is 1. The Labute approximate surface area is 179 Å². The van der Waals surface area contributed by atoms with E-state index in [0.29, 0.717) is 6.04 Å². The minimum absolute atomic E-state index is 0.0348. The summed E-state index contributed by atoms with van der Waals surface area (Å²) >= 11 is 0. The lowest BCUT2D eigenvalue weighted by Gasteiger charge is -2.24. The van der Waals surface area contributed by atoms with E-state index in [4.69, 9.17) is 0 Å². The van der Waals surface area contributed by atoms with Crippen molar-refractivity contribution in [2.75, 3.05) is 18.4 Å². The molecule has 4 heteroatoms. The summed E-state index contributed by atoms with van der Waals surface area (Å²) in [6, 6.07) is 21.0. The standard InChI is InChI=1S/C26H31N3O/c1-18-13-14-21(28-17-22-10-5-6-15-27-22)16-25(18)26(30)29-19(2)23-12-7-9-20-8-3-4-11-24(20)23/h3-4,7-9,11-14,16,19,22,27-28H,5-6,10,15,17H2,1-2H3,(H,29,30)/t19-,22+/m1/s1. The summed E-state index contributed by atoms with van der Waals surface area (Å²) in [6.07, 6.45) is 3.75. The molecular weight excluding hydrogens is 370 g/mol. The second-order valence-corrected chi connectivity index (χ2v) is 8.32. The average molecular weight is 402 g/mol. The molecule has 1 amide bonds. The molecule has 156 valence electrons. The predicted molar refractivity (Wildman–Crippen MR) is 125 cm³/mol. The van der Waals surface area contributed by atoms with Crippen molar-refractivity contribution in [3.05, 3.63) is 77.4 Å². The summed E-state index contributed by atoms with van der Waals surface area (Å²) in [6.45, 7) is 6.02. The highest BCUT2D eigenvalue weighted by atomic mass is 16.1. The van der Waals surface area contributed by atoms with Crippen LogP contribution < -0.4 is 16.0 Å². The molecule has 3 aromatic rings. The summed E-state index contributed by atoms with van der Waals surface area (Å²) < 4.78 is 0. The number of anilines is 1. The van der Waals surface area contributed by atoms with Gasteiger partial charge in [-0.25, -0.2) is 0 Å². The molecule has 1 heterocycles. The summed E-state index contributed by atoms with van der Waals surface area (Å²) in [5, 5.41) is 12.6. The van der Waals surface area contributed by atoms with Gasteiger partial charge in [-0.1, -0.05) is 55.0 Å². The third-order valence-electron chi connectivity index (χ3n) is 6.08. The number of hydrogen-bond donors (Lipinski definition) is 3. The maximum atomic E-state index is 13.1. The molecule has 0 spiro atoms. The lowest BCUT2D eigenvalue weighted by molar-refractivity contribution is 0.0939. The number of rotatable bonds is 6. The Morgan fingerprint density at radius 2 is 1.93 bits per heavy atom. The summed E-state index contributed by atoms with van der Waals surface area (Å²) in [4.78, 5) is 13.1. The fourth-order valence-electron chi connectivity index (χ4n) is 4.30. The number of amides is 1. The van der Waals surface area contributed by atoms with Gasteiger partial charge in [0.25, 0.3) is 5.91 Å². The lowest BCUT2D eigenvalue weighted by Crippen LogP contribution is -2.39. The normalized spacial score (nSPS) is 17.5. The lowest BCUT2D eigenvalue weighted by atomic mass is 9.99. The van der Waals surface area contributed by atoms with E-state index in [1.54, 1.807) is 0 Å². The topological polar surface area (TPSA) is 53.2 Å². The van der Waals surface area contributed by atoms with Crippen LogP contribution in [-0.4, -0.2) is 25.0 Å². The Kier molecular flexibility index (Phi) is 6.34. The van der Waals surface area contributed by atoms with E-state index < -0.39 is 0 Å². The zero-order valence-electron chi connectivity index (χ0n) is 17.9. The third-order valence-corrected chi connectivity index (χ3v) is 6.08. The van der Waals surface area contributed by atoms with Crippen molar-refractivity contribution in [1.29, 1.82) is 0 Å². The molecule has 1 saturated heterocycles. The molecule has 0 bridgehead atoms. The summed E-state index contributed by atoms with van der Waals surface area (Å²) in [5.74, 6) is -0.0348. The summed E-state index contributed by atoms with van der Waals surface area (Å²) in [7, 11) is 0. The van der Waals surface area contributed by atoms with Gasteiger partial charge in [-0.05, 0) is 67.3 Å². The largest absolute Gasteiger partial charge is 0.383 e. The molecule has 2 atom stereocenters. The number of fused-ring (bicyclic) bond motifs is 1. The van der Waals surface area contributed by atoms with Crippen molar-refractivity contribution < 1.29 is 4.79 Å². The van der Waals surface area contributed by atoms with Crippen LogP contribution in [0.2, 0.25) is 0 Å². The number of nitrogens with one attached hydrogen (secondary N) is 3. The van der Waals surface area contributed by atoms with Crippen molar-refractivity contribution in [2.24, 2.45) is 0 Å². The van der Waals surface area contributed by atoms with Crippen LogP contribution in [0.5, 0.6) is 0 Å². The van der Waals surface area contributed by atoms with Crippen molar-refractivity contribution in [3.8, 4) is 0 Å². The Morgan fingerprint density at radius 1 is 1.10 bits per heavy atom. The SMILES string of the molecule is Cc1ccc(NC[C@@H]2CCCCN2)cc1C(=O)N[C@H](C)c1cccc2ccccc12. The minimum atomic E-state index is -0.0777. The molecular formula is C26H31N3O. The second kappa shape index (κ2) is 9.31. The van der Waals surface area contributed by atoms with Crippen molar-refractivity contribution in [1.82, 2.24) is 10.6 Å². The molecule has 3 aromatic carbocycles. The highest BCUT2D eigenvalue weighted by molar-refractivity contribution is 5.97. The van der Waals surface area contributed by atoms with Gasteiger partial charge in [0.15, 0.2) is 0 Å². The van der Waals surface area contributed by atoms with Crippen molar-refractivity contribution >= 4 is 22.4 Å². The maximum Gasteiger partial charge on any atom is 0.252 e. The van der Waals surface area contributed by atoms with Gasteiger partial charge in [0.1, 0.15) is 0 Å². The Hall–Kier alpha value is -2.85. The van der Waals surface area contributed by atoms with Crippen LogP contribution in [0.25, 0.3) is 10.8 Å². The molecule has 0 aromatic heterocycles. The second-order valence-electron chi connectivity index (χ2n) is 8.32. The van der Waals surface area contributed by atoms with Crippen LogP contribution in [0.3, 0.4) is 0 Å². The van der Waals surface area contributed by atoms with Gasteiger partial charge < -0.3 is 16.0 Å². The van der Waals surface area contributed by atoms with Gasteiger partial charge in [-0.2, -0.15) is 0 Å². The Balaban J connectivity index is 1.47. The summed E-state index contributed by atoms with van der Waals surface area (Å²) in [5.41, 5.74) is 3.84. The molecule has 4 rings (SSSR count). The highest BCUT2D eigenvalue weighted by Gasteiger charge is 2.16. The number of benzene rings is 3. The number of aryl methyl sites for hydroxylation is 1. The van der Waals surface area contributed by atoms with Gasteiger partial charge in [-0.3, -0.25) is 4.79 Å². The molecule has 0 unspecified atom stereocenters. The molecule has 3 N–H and O–H groups in total.